The lowest BCUT2D eigenvalue weighted by molar-refractivity contribution is -0.107. The summed E-state index contributed by atoms with van der Waals surface area (Å²) in [5, 5.41) is 4.46. The van der Waals surface area contributed by atoms with Crippen molar-refractivity contribution in [2.24, 2.45) is 11.3 Å². The van der Waals surface area contributed by atoms with Gasteiger partial charge in [-0.15, -0.1) is 0 Å². The lowest BCUT2D eigenvalue weighted by Crippen LogP contribution is -2.43. The predicted octanol–water partition coefficient (Wildman–Crippen LogP) is 4.58. The van der Waals surface area contributed by atoms with Crippen LogP contribution < -0.4 is 0 Å². The van der Waals surface area contributed by atoms with Crippen molar-refractivity contribution < 1.29 is 26.0 Å². The van der Waals surface area contributed by atoms with Gasteiger partial charge in [-0.25, -0.2) is 21.8 Å². The molecule has 1 aromatic carbocycles. The minimum atomic E-state index is -4.77. The summed E-state index contributed by atoms with van der Waals surface area (Å²) in [7, 11) is -4.44. The Balaban J connectivity index is 1.60. The molecule has 0 spiro atoms. The number of alkyl halides is 3. The molecule has 0 aliphatic heterocycles. The van der Waals surface area contributed by atoms with Gasteiger partial charge in [-0.1, -0.05) is 19.4 Å². The Morgan fingerprint density at radius 1 is 1.25 bits per heavy atom. The second-order valence-electron chi connectivity index (χ2n) is 8.76. The van der Waals surface area contributed by atoms with E-state index >= 15 is 0 Å². The maximum absolute atomic E-state index is 13.3. The first kappa shape index (κ1) is 23.0. The first-order valence-corrected chi connectivity index (χ1v) is 12.1. The zero-order valence-corrected chi connectivity index (χ0v) is 18.7. The van der Waals surface area contributed by atoms with Gasteiger partial charge in [0.1, 0.15) is 5.82 Å². The quantitative estimate of drug-likeness (QED) is 0.580. The fourth-order valence-corrected chi connectivity index (χ4v) is 6.39. The molecule has 1 fully saturated rings. The van der Waals surface area contributed by atoms with Gasteiger partial charge in [-0.2, -0.15) is 18.3 Å². The van der Waals surface area contributed by atoms with Gasteiger partial charge < -0.3 is 0 Å². The highest BCUT2D eigenvalue weighted by Gasteiger charge is 2.47. The summed E-state index contributed by atoms with van der Waals surface area (Å²) in [4.78, 5) is 0. The number of halogens is 4. The second-order valence-corrected chi connectivity index (χ2v) is 10.7. The number of sulfonamides is 1. The molecular formula is C22H25F4N3O2S. The normalized spacial score (nSPS) is 23.2. The van der Waals surface area contributed by atoms with E-state index in [0.717, 1.165) is 33.2 Å². The van der Waals surface area contributed by atoms with Gasteiger partial charge in [-0.05, 0) is 66.5 Å². The second kappa shape index (κ2) is 7.98. The van der Waals surface area contributed by atoms with Crippen LogP contribution in [-0.4, -0.2) is 47.5 Å². The third-order valence-electron chi connectivity index (χ3n) is 6.74. The van der Waals surface area contributed by atoms with E-state index in [4.69, 9.17) is 0 Å². The van der Waals surface area contributed by atoms with Gasteiger partial charge in [0.15, 0.2) is 5.75 Å². The summed E-state index contributed by atoms with van der Waals surface area (Å²) in [5.41, 5.74) is 3.40. The average molecular weight is 472 g/mol. The van der Waals surface area contributed by atoms with Crippen LogP contribution >= 0.6 is 0 Å². The zero-order chi connectivity index (χ0) is 23.3. The van der Waals surface area contributed by atoms with Crippen LogP contribution in [0.4, 0.5) is 17.6 Å². The first-order valence-electron chi connectivity index (χ1n) is 10.5. The summed E-state index contributed by atoms with van der Waals surface area (Å²) >= 11 is 0. The summed E-state index contributed by atoms with van der Waals surface area (Å²) in [6.07, 6.45) is 1.10. The smallest absolute Gasteiger partial charge is 0.233 e. The van der Waals surface area contributed by atoms with E-state index in [1.165, 1.54) is 12.1 Å². The fourth-order valence-electron chi connectivity index (χ4n) is 5.00. The highest BCUT2D eigenvalue weighted by atomic mass is 32.2. The van der Waals surface area contributed by atoms with Crippen molar-refractivity contribution in [1.82, 2.24) is 14.1 Å². The standard InChI is InChI=1S/C22H25F4N3O2S/c1-3-28(32(30,31)14-22(24,25)26)13-17-5-4-16-10-20-15(11-21(16,17)2)12-27-29(20)19-8-6-18(23)7-9-19/h6-10,12,17H,3-5,11,13-14H2,1-2H3/t17-,21+/m1/s1. The number of hydrogen-bond acceptors (Lipinski definition) is 3. The van der Waals surface area contributed by atoms with Gasteiger partial charge >= 0.3 is 6.18 Å². The van der Waals surface area contributed by atoms with E-state index in [0.29, 0.717) is 12.8 Å². The zero-order valence-electron chi connectivity index (χ0n) is 17.9. The van der Waals surface area contributed by atoms with Crippen LogP contribution in [0.1, 0.15) is 37.9 Å². The molecule has 0 amide bonds. The Hall–Kier alpha value is -2.20. The van der Waals surface area contributed by atoms with Crippen LogP contribution in [0, 0.1) is 17.2 Å². The number of allylic oxidation sites excluding steroid dienone is 1. The summed E-state index contributed by atoms with van der Waals surface area (Å²) < 4.78 is 79.1. The Labute approximate surface area is 184 Å². The molecule has 0 N–H and O–H groups in total. The SMILES string of the molecule is CCN(C[C@H]1CCC2=Cc3c(cnn3-c3ccc(F)cc3)C[C@@]21C)S(=O)(=O)CC(F)(F)F. The maximum Gasteiger partial charge on any atom is 0.404 e. The van der Waals surface area contributed by atoms with E-state index in [1.54, 1.807) is 29.9 Å². The Kier molecular flexibility index (Phi) is 5.73. The predicted molar refractivity (Wildman–Crippen MR) is 113 cm³/mol. The van der Waals surface area contributed by atoms with E-state index in [9.17, 15) is 26.0 Å². The van der Waals surface area contributed by atoms with Crippen molar-refractivity contribution in [1.29, 1.82) is 0 Å². The van der Waals surface area contributed by atoms with Gasteiger partial charge in [0.05, 0.1) is 17.6 Å². The Morgan fingerprint density at radius 2 is 1.94 bits per heavy atom. The van der Waals surface area contributed by atoms with Gasteiger partial charge in [0, 0.05) is 13.1 Å². The molecule has 0 bridgehead atoms. The molecular weight excluding hydrogens is 446 g/mol. The van der Waals surface area contributed by atoms with Gasteiger partial charge in [-0.3, -0.25) is 0 Å². The van der Waals surface area contributed by atoms with E-state index in [-0.39, 0.29) is 30.2 Å². The summed E-state index contributed by atoms with van der Waals surface area (Å²) in [6, 6.07) is 6.04. The van der Waals surface area contributed by atoms with Crippen molar-refractivity contribution in [3.63, 3.8) is 0 Å². The number of rotatable bonds is 6. The molecule has 32 heavy (non-hydrogen) atoms. The minimum absolute atomic E-state index is 0.00219. The lowest BCUT2D eigenvalue weighted by Gasteiger charge is -2.38. The molecule has 0 saturated heterocycles. The molecule has 10 heteroatoms. The Morgan fingerprint density at radius 3 is 2.56 bits per heavy atom. The average Bonchev–Trinajstić information content (AvgIpc) is 3.22. The maximum atomic E-state index is 13.3. The molecule has 2 atom stereocenters. The number of nitrogens with zero attached hydrogens (tertiary/aromatic N) is 3. The van der Waals surface area contributed by atoms with Crippen molar-refractivity contribution in [3.8, 4) is 5.69 Å². The first-order chi connectivity index (χ1) is 14.9. The monoisotopic (exact) mass is 471 g/mol. The van der Waals surface area contributed by atoms with E-state index in [2.05, 4.69) is 18.1 Å². The van der Waals surface area contributed by atoms with Crippen LogP contribution in [0.5, 0.6) is 0 Å². The topological polar surface area (TPSA) is 55.2 Å². The van der Waals surface area contributed by atoms with Gasteiger partial charge in [0.25, 0.3) is 0 Å². The van der Waals surface area contributed by atoms with Gasteiger partial charge in [0.2, 0.25) is 10.0 Å². The molecule has 2 aromatic rings. The Bertz CT molecular complexity index is 1140. The minimum Gasteiger partial charge on any atom is -0.233 e. The fraction of sp³-hybridized carbons (Fsp3) is 0.500. The third kappa shape index (κ3) is 4.22. The van der Waals surface area contributed by atoms with Crippen LogP contribution in [0.2, 0.25) is 0 Å². The number of benzene rings is 1. The van der Waals surface area contributed by atoms with E-state index in [1.807, 2.05) is 0 Å². The van der Waals surface area contributed by atoms with Crippen molar-refractivity contribution >= 4 is 16.1 Å². The molecule has 4 rings (SSSR count). The van der Waals surface area contributed by atoms with Crippen LogP contribution in [0.15, 0.2) is 36.0 Å². The molecule has 5 nitrogen and oxygen atoms in total. The molecule has 2 aliphatic carbocycles. The number of fused-ring (bicyclic) bond motifs is 2. The van der Waals surface area contributed by atoms with Crippen molar-refractivity contribution in [2.45, 2.75) is 39.3 Å². The van der Waals surface area contributed by atoms with Crippen LogP contribution in [0.3, 0.4) is 0 Å². The van der Waals surface area contributed by atoms with E-state index < -0.39 is 22.0 Å². The molecule has 0 unspecified atom stereocenters. The number of hydrogen-bond donors (Lipinski definition) is 0. The molecule has 1 heterocycles. The highest BCUT2D eigenvalue weighted by molar-refractivity contribution is 7.89. The molecule has 2 aliphatic rings. The largest absolute Gasteiger partial charge is 0.404 e. The summed E-state index contributed by atoms with van der Waals surface area (Å²) in [6.45, 7) is 3.68. The number of aromatic nitrogens is 2. The molecule has 0 radical (unpaired) electrons. The van der Waals surface area contributed by atoms with Crippen molar-refractivity contribution in [2.75, 3.05) is 18.8 Å². The lowest BCUT2D eigenvalue weighted by atomic mass is 9.70. The molecule has 1 saturated carbocycles. The summed E-state index contributed by atoms with van der Waals surface area (Å²) in [5.74, 6) is -2.27. The van der Waals surface area contributed by atoms with Crippen molar-refractivity contribution in [3.05, 3.63) is 53.1 Å². The highest BCUT2D eigenvalue weighted by Crippen LogP contribution is 2.53. The molecule has 174 valence electrons. The van der Waals surface area contributed by atoms with Crippen LogP contribution in [-0.2, 0) is 16.4 Å². The van der Waals surface area contributed by atoms with Crippen LogP contribution in [0.25, 0.3) is 11.8 Å². The molecule has 1 aromatic heterocycles. The third-order valence-corrected chi connectivity index (χ3v) is 8.63.